The normalized spacial score (nSPS) is 15.6. The van der Waals surface area contributed by atoms with E-state index in [-0.39, 0.29) is 17.3 Å². The van der Waals surface area contributed by atoms with Crippen molar-refractivity contribution in [3.05, 3.63) is 102 Å². The summed E-state index contributed by atoms with van der Waals surface area (Å²) in [6.45, 7) is 0.495. The summed E-state index contributed by atoms with van der Waals surface area (Å²) in [6, 6.07) is 25.2. The van der Waals surface area contributed by atoms with Crippen LogP contribution in [0.4, 0.5) is 0 Å². The molecule has 4 aromatic rings. The minimum atomic E-state index is -3.94. The molecular weight excluding hydrogens is 500 g/mol. The number of amides is 1. The van der Waals surface area contributed by atoms with Crippen LogP contribution in [0.3, 0.4) is 0 Å². The molecule has 38 heavy (non-hydrogen) atoms. The Bertz CT molecular complexity index is 1580. The largest absolute Gasteiger partial charge is 0.493 e. The fourth-order valence-electron chi connectivity index (χ4n) is 4.92. The Hall–Kier alpha value is -3.88. The molecule has 1 heterocycles. The molecule has 4 aromatic carbocycles. The molecular formula is C30H30N2O5S. The second kappa shape index (κ2) is 10.8. The zero-order chi connectivity index (χ0) is 26.7. The lowest BCUT2D eigenvalue weighted by Crippen LogP contribution is -2.52. The molecule has 0 spiro atoms. The van der Waals surface area contributed by atoms with Crippen LogP contribution < -0.4 is 14.8 Å². The van der Waals surface area contributed by atoms with Crippen LogP contribution in [0.25, 0.3) is 10.8 Å². The first-order chi connectivity index (χ1) is 18.4. The lowest BCUT2D eigenvalue weighted by molar-refractivity contribution is -0.125. The van der Waals surface area contributed by atoms with Crippen LogP contribution in [-0.2, 0) is 34.2 Å². The van der Waals surface area contributed by atoms with Gasteiger partial charge in [0.15, 0.2) is 11.5 Å². The fourth-order valence-corrected chi connectivity index (χ4v) is 6.52. The monoisotopic (exact) mass is 530 g/mol. The first-order valence-corrected chi connectivity index (χ1v) is 13.9. The Morgan fingerprint density at radius 1 is 0.868 bits per heavy atom. The van der Waals surface area contributed by atoms with Crippen molar-refractivity contribution in [3.63, 3.8) is 0 Å². The summed E-state index contributed by atoms with van der Waals surface area (Å²) in [7, 11) is -0.783. The second-order valence-electron chi connectivity index (χ2n) is 9.28. The summed E-state index contributed by atoms with van der Waals surface area (Å²) in [4.78, 5) is 13.6. The highest BCUT2D eigenvalue weighted by molar-refractivity contribution is 7.89. The Morgan fingerprint density at radius 3 is 2.34 bits per heavy atom. The molecule has 0 aromatic heterocycles. The standard InChI is InChI=1S/C30H30N2O5S/c1-36-28-14-11-21(17-29(28)37-2)15-16-31-30(33)27-19-24-9-5-6-10-25(24)20-32(27)38(34,35)26-13-12-22-7-3-4-8-23(22)18-26/h3-14,17-18,27H,15-16,19-20H2,1-2H3,(H,31,33). The number of carbonyl (C=O) groups is 1. The summed E-state index contributed by atoms with van der Waals surface area (Å²) in [6.07, 6.45) is 0.873. The molecule has 5 rings (SSSR count). The van der Waals surface area contributed by atoms with Crippen LogP contribution in [0.2, 0.25) is 0 Å². The van der Waals surface area contributed by atoms with E-state index in [1.54, 1.807) is 32.4 Å². The lowest BCUT2D eigenvalue weighted by Gasteiger charge is -2.35. The first-order valence-electron chi connectivity index (χ1n) is 12.5. The van der Waals surface area contributed by atoms with Gasteiger partial charge in [-0.2, -0.15) is 4.31 Å². The van der Waals surface area contributed by atoms with Gasteiger partial charge >= 0.3 is 0 Å². The van der Waals surface area contributed by atoms with Crippen LogP contribution in [0.5, 0.6) is 11.5 Å². The van der Waals surface area contributed by atoms with Crippen molar-refractivity contribution in [2.75, 3.05) is 20.8 Å². The lowest BCUT2D eigenvalue weighted by atomic mass is 9.95. The Labute approximate surface area is 223 Å². The van der Waals surface area contributed by atoms with Crippen molar-refractivity contribution in [2.45, 2.75) is 30.3 Å². The van der Waals surface area contributed by atoms with Crippen LogP contribution >= 0.6 is 0 Å². The summed E-state index contributed by atoms with van der Waals surface area (Å²) in [5.41, 5.74) is 2.86. The Kier molecular flexibility index (Phi) is 7.35. The van der Waals surface area contributed by atoms with E-state index in [2.05, 4.69) is 5.32 Å². The fraction of sp³-hybridized carbons (Fsp3) is 0.233. The zero-order valence-corrected chi connectivity index (χ0v) is 22.2. The minimum Gasteiger partial charge on any atom is -0.493 e. The van der Waals surface area contributed by atoms with Crippen molar-refractivity contribution < 1.29 is 22.7 Å². The molecule has 0 fully saturated rings. The highest BCUT2D eigenvalue weighted by atomic mass is 32.2. The van der Waals surface area contributed by atoms with Crippen LogP contribution in [0.15, 0.2) is 89.8 Å². The van der Waals surface area contributed by atoms with Gasteiger partial charge in [0.05, 0.1) is 19.1 Å². The summed E-state index contributed by atoms with van der Waals surface area (Å²) >= 11 is 0. The van der Waals surface area contributed by atoms with Gasteiger partial charge in [0.25, 0.3) is 0 Å². The smallest absolute Gasteiger partial charge is 0.244 e. The third-order valence-corrected chi connectivity index (χ3v) is 8.85. The van der Waals surface area contributed by atoms with E-state index < -0.39 is 16.1 Å². The number of sulfonamides is 1. The molecule has 8 heteroatoms. The van der Waals surface area contributed by atoms with E-state index >= 15 is 0 Å². The van der Waals surface area contributed by atoms with Crippen LogP contribution in [-0.4, -0.2) is 45.4 Å². The molecule has 1 atom stereocenters. The molecule has 1 aliphatic heterocycles. The third-order valence-electron chi connectivity index (χ3n) is 7.00. The number of methoxy groups -OCH3 is 2. The molecule has 1 aliphatic rings. The number of nitrogens with one attached hydrogen (secondary N) is 1. The Morgan fingerprint density at radius 2 is 1.58 bits per heavy atom. The second-order valence-corrected chi connectivity index (χ2v) is 11.2. The van der Waals surface area contributed by atoms with Crippen molar-refractivity contribution in [2.24, 2.45) is 0 Å². The van der Waals surface area contributed by atoms with E-state index in [9.17, 15) is 13.2 Å². The molecule has 0 saturated carbocycles. The molecule has 0 radical (unpaired) electrons. The van der Waals surface area contributed by atoms with Gasteiger partial charge in [0, 0.05) is 13.1 Å². The number of nitrogens with zero attached hydrogens (tertiary/aromatic N) is 1. The maximum Gasteiger partial charge on any atom is 0.244 e. The first kappa shape index (κ1) is 25.8. The average Bonchev–Trinajstić information content (AvgIpc) is 2.96. The van der Waals surface area contributed by atoms with Crippen LogP contribution in [0.1, 0.15) is 16.7 Å². The number of ether oxygens (including phenoxy) is 2. The summed E-state index contributed by atoms with van der Waals surface area (Å²) in [5, 5.41) is 4.76. The predicted molar refractivity (Wildman–Crippen MR) is 147 cm³/mol. The number of fused-ring (bicyclic) bond motifs is 2. The van der Waals surface area contributed by atoms with Gasteiger partial charge < -0.3 is 14.8 Å². The van der Waals surface area contributed by atoms with Crippen molar-refractivity contribution in [1.82, 2.24) is 9.62 Å². The predicted octanol–water partition coefficient (Wildman–Crippen LogP) is 4.33. The average molecular weight is 531 g/mol. The molecule has 1 N–H and O–H groups in total. The number of rotatable bonds is 8. The van der Waals surface area contributed by atoms with Crippen LogP contribution in [0, 0.1) is 0 Å². The van der Waals surface area contributed by atoms with Gasteiger partial charge in [-0.1, -0.05) is 60.7 Å². The van der Waals surface area contributed by atoms with Gasteiger partial charge in [-0.25, -0.2) is 8.42 Å². The molecule has 0 bridgehead atoms. The quantitative estimate of drug-likeness (QED) is 0.367. The van der Waals surface area contributed by atoms with Gasteiger partial charge in [-0.3, -0.25) is 4.79 Å². The number of hydrogen-bond donors (Lipinski definition) is 1. The summed E-state index contributed by atoms with van der Waals surface area (Å²) in [5.74, 6) is 0.938. The number of benzene rings is 4. The van der Waals surface area contributed by atoms with E-state index in [0.717, 1.165) is 27.5 Å². The maximum atomic E-state index is 13.9. The van der Waals surface area contributed by atoms with Gasteiger partial charge in [0.1, 0.15) is 6.04 Å². The highest BCUT2D eigenvalue weighted by Crippen LogP contribution is 2.31. The van der Waals surface area contributed by atoms with Gasteiger partial charge in [0.2, 0.25) is 15.9 Å². The molecule has 7 nitrogen and oxygen atoms in total. The SMILES string of the molecule is COc1ccc(CCNC(=O)C2Cc3ccccc3CN2S(=O)(=O)c2ccc3ccccc3c2)cc1OC. The third kappa shape index (κ3) is 5.10. The topological polar surface area (TPSA) is 84.9 Å². The van der Waals surface area contributed by atoms with Crippen molar-refractivity contribution >= 4 is 26.7 Å². The van der Waals surface area contributed by atoms with E-state index in [1.165, 1.54) is 4.31 Å². The summed E-state index contributed by atoms with van der Waals surface area (Å²) < 4.78 is 39.8. The van der Waals surface area contributed by atoms with E-state index in [4.69, 9.17) is 9.47 Å². The zero-order valence-electron chi connectivity index (χ0n) is 21.4. The molecule has 196 valence electrons. The molecule has 0 aliphatic carbocycles. The van der Waals surface area contributed by atoms with Gasteiger partial charge in [-0.05, 0) is 64.6 Å². The number of carbonyl (C=O) groups excluding carboxylic acids is 1. The van der Waals surface area contributed by atoms with E-state index in [1.807, 2.05) is 66.7 Å². The minimum absolute atomic E-state index is 0.138. The van der Waals surface area contributed by atoms with Gasteiger partial charge in [-0.15, -0.1) is 0 Å². The number of hydrogen-bond acceptors (Lipinski definition) is 5. The highest BCUT2D eigenvalue weighted by Gasteiger charge is 2.39. The van der Waals surface area contributed by atoms with Crippen molar-refractivity contribution in [3.8, 4) is 11.5 Å². The van der Waals surface area contributed by atoms with Crippen molar-refractivity contribution in [1.29, 1.82) is 0 Å². The maximum absolute atomic E-state index is 13.9. The molecule has 1 unspecified atom stereocenters. The molecule has 1 amide bonds. The Balaban J connectivity index is 1.38. The van der Waals surface area contributed by atoms with E-state index in [0.29, 0.717) is 30.9 Å². The molecule has 0 saturated heterocycles.